The lowest BCUT2D eigenvalue weighted by atomic mass is 10.1. The number of hydrogen-bond acceptors (Lipinski definition) is 1. The van der Waals surface area contributed by atoms with E-state index in [2.05, 4.69) is 21.2 Å². The van der Waals surface area contributed by atoms with Crippen LogP contribution in [-0.4, -0.2) is 0 Å². The topological polar surface area (TPSA) is 12.0 Å². The Bertz CT molecular complexity index is 601. The molecular weight excluding hydrogens is 329 g/mol. The highest BCUT2D eigenvalue weighted by Crippen LogP contribution is 2.28. The van der Waals surface area contributed by atoms with Crippen molar-refractivity contribution < 1.29 is 4.39 Å². The normalized spacial score (nSPS) is 12.3. The van der Waals surface area contributed by atoms with Gasteiger partial charge in [-0.1, -0.05) is 23.7 Å². The Hall–Kier alpha value is -1.06. The SMILES string of the molecule is Cc1ccc(C(C)Nc2ccc(Br)c(Cl)c2)cc1F. The molecule has 0 saturated carbocycles. The lowest BCUT2D eigenvalue weighted by Crippen LogP contribution is -2.07. The molecular formula is C15H14BrClFN. The largest absolute Gasteiger partial charge is 0.378 e. The average molecular weight is 343 g/mol. The molecule has 0 aliphatic rings. The van der Waals surface area contributed by atoms with E-state index in [0.717, 1.165) is 15.7 Å². The van der Waals surface area contributed by atoms with Crippen LogP contribution in [0, 0.1) is 12.7 Å². The quantitative estimate of drug-likeness (QED) is 0.752. The minimum absolute atomic E-state index is 0.00680. The summed E-state index contributed by atoms with van der Waals surface area (Å²) in [6.07, 6.45) is 0. The van der Waals surface area contributed by atoms with Crippen LogP contribution >= 0.6 is 27.5 Å². The second-order valence-electron chi connectivity index (χ2n) is 4.50. The summed E-state index contributed by atoms with van der Waals surface area (Å²) in [5.74, 6) is -0.181. The van der Waals surface area contributed by atoms with Gasteiger partial charge >= 0.3 is 0 Å². The van der Waals surface area contributed by atoms with Crippen LogP contribution in [0.3, 0.4) is 0 Å². The lowest BCUT2D eigenvalue weighted by molar-refractivity contribution is 0.614. The average Bonchev–Trinajstić information content (AvgIpc) is 2.37. The summed E-state index contributed by atoms with van der Waals surface area (Å²) in [5.41, 5.74) is 2.46. The molecule has 0 aliphatic heterocycles. The van der Waals surface area contributed by atoms with Crippen LogP contribution in [0.15, 0.2) is 40.9 Å². The van der Waals surface area contributed by atoms with E-state index < -0.39 is 0 Å². The first kappa shape index (κ1) is 14.4. The summed E-state index contributed by atoms with van der Waals surface area (Å²) in [6, 6.07) is 10.9. The summed E-state index contributed by atoms with van der Waals surface area (Å²) in [5, 5.41) is 3.95. The Morgan fingerprint density at radius 1 is 1.21 bits per heavy atom. The van der Waals surface area contributed by atoms with Gasteiger partial charge in [-0.15, -0.1) is 0 Å². The third-order valence-corrected chi connectivity index (χ3v) is 4.23. The third-order valence-electron chi connectivity index (χ3n) is 3.00. The molecule has 1 unspecified atom stereocenters. The van der Waals surface area contributed by atoms with Crippen LogP contribution in [0.1, 0.15) is 24.1 Å². The van der Waals surface area contributed by atoms with Crippen LogP contribution in [0.25, 0.3) is 0 Å². The number of aryl methyl sites for hydroxylation is 1. The molecule has 0 fully saturated rings. The first-order valence-electron chi connectivity index (χ1n) is 5.95. The molecule has 2 aromatic carbocycles. The van der Waals surface area contributed by atoms with Gasteiger partial charge in [0.05, 0.1) is 5.02 Å². The number of benzene rings is 2. The van der Waals surface area contributed by atoms with Crippen LogP contribution in [-0.2, 0) is 0 Å². The summed E-state index contributed by atoms with van der Waals surface area (Å²) < 4.78 is 14.4. The lowest BCUT2D eigenvalue weighted by Gasteiger charge is -2.16. The second-order valence-corrected chi connectivity index (χ2v) is 5.77. The second kappa shape index (κ2) is 5.93. The number of rotatable bonds is 3. The molecule has 0 aromatic heterocycles. The van der Waals surface area contributed by atoms with E-state index in [-0.39, 0.29) is 11.9 Å². The van der Waals surface area contributed by atoms with E-state index in [0.29, 0.717) is 10.6 Å². The van der Waals surface area contributed by atoms with Crippen molar-refractivity contribution in [3.63, 3.8) is 0 Å². The zero-order valence-corrected chi connectivity index (χ0v) is 13.0. The predicted octanol–water partition coefficient (Wildman–Crippen LogP) is 5.72. The Morgan fingerprint density at radius 3 is 2.58 bits per heavy atom. The van der Waals surface area contributed by atoms with Crippen molar-refractivity contribution in [1.29, 1.82) is 0 Å². The molecule has 1 nitrogen and oxygen atoms in total. The first-order chi connectivity index (χ1) is 8.97. The Kier molecular flexibility index (Phi) is 4.48. The monoisotopic (exact) mass is 341 g/mol. The van der Waals surface area contributed by atoms with Crippen LogP contribution < -0.4 is 5.32 Å². The Balaban J connectivity index is 2.17. The van der Waals surface area contributed by atoms with Crippen LogP contribution in [0.5, 0.6) is 0 Å². The number of nitrogens with one attached hydrogen (secondary N) is 1. The molecule has 19 heavy (non-hydrogen) atoms. The fourth-order valence-electron chi connectivity index (χ4n) is 1.80. The van der Waals surface area contributed by atoms with Crippen molar-refractivity contribution in [2.45, 2.75) is 19.9 Å². The molecule has 0 aliphatic carbocycles. The van der Waals surface area contributed by atoms with Gasteiger partial charge in [0.25, 0.3) is 0 Å². The summed E-state index contributed by atoms with van der Waals surface area (Å²) in [6.45, 7) is 3.74. The highest BCUT2D eigenvalue weighted by Gasteiger charge is 2.08. The third kappa shape index (κ3) is 3.48. The van der Waals surface area contributed by atoms with Crippen molar-refractivity contribution in [1.82, 2.24) is 0 Å². The van der Waals surface area contributed by atoms with Gasteiger partial charge in [0.1, 0.15) is 5.82 Å². The smallest absolute Gasteiger partial charge is 0.126 e. The molecule has 0 bridgehead atoms. The van der Waals surface area contributed by atoms with Crippen LogP contribution in [0.4, 0.5) is 10.1 Å². The minimum Gasteiger partial charge on any atom is -0.378 e. The maximum absolute atomic E-state index is 13.5. The minimum atomic E-state index is -0.181. The van der Waals surface area contributed by atoms with E-state index >= 15 is 0 Å². The van der Waals surface area contributed by atoms with E-state index in [1.165, 1.54) is 0 Å². The van der Waals surface area contributed by atoms with Crippen molar-refractivity contribution in [2.75, 3.05) is 5.32 Å². The molecule has 0 saturated heterocycles. The van der Waals surface area contributed by atoms with Gasteiger partial charge in [0.15, 0.2) is 0 Å². The number of hydrogen-bond donors (Lipinski definition) is 1. The van der Waals surface area contributed by atoms with Crippen LogP contribution in [0.2, 0.25) is 5.02 Å². The van der Waals surface area contributed by atoms with Crippen molar-refractivity contribution in [3.8, 4) is 0 Å². The molecule has 2 aromatic rings. The molecule has 1 N–H and O–H groups in total. The zero-order chi connectivity index (χ0) is 14.0. The van der Waals surface area contributed by atoms with Gasteiger partial charge in [-0.3, -0.25) is 0 Å². The van der Waals surface area contributed by atoms with Crippen molar-refractivity contribution in [3.05, 3.63) is 62.8 Å². The molecule has 0 heterocycles. The Labute approximate surface area is 125 Å². The van der Waals surface area contributed by atoms with Gasteiger partial charge in [0, 0.05) is 16.2 Å². The summed E-state index contributed by atoms with van der Waals surface area (Å²) in [4.78, 5) is 0. The molecule has 0 amide bonds. The fourth-order valence-corrected chi connectivity index (χ4v) is 2.22. The highest BCUT2D eigenvalue weighted by atomic mass is 79.9. The highest BCUT2D eigenvalue weighted by molar-refractivity contribution is 9.10. The zero-order valence-electron chi connectivity index (χ0n) is 10.7. The standard InChI is InChI=1S/C15H14BrClFN/c1-9-3-4-11(7-15(9)18)10(2)19-12-5-6-13(16)14(17)8-12/h3-8,10,19H,1-2H3. The molecule has 1 atom stereocenters. The molecule has 2 rings (SSSR count). The maximum atomic E-state index is 13.5. The Morgan fingerprint density at radius 2 is 1.95 bits per heavy atom. The van der Waals surface area contributed by atoms with Gasteiger partial charge in [-0.25, -0.2) is 4.39 Å². The summed E-state index contributed by atoms with van der Waals surface area (Å²) >= 11 is 9.39. The van der Waals surface area contributed by atoms with Crippen molar-refractivity contribution >= 4 is 33.2 Å². The maximum Gasteiger partial charge on any atom is 0.126 e. The molecule has 0 radical (unpaired) electrons. The van der Waals surface area contributed by atoms with Gasteiger partial charge in [-0.2, -0.15) is 0 Å². The first-order valence-corrected chi connectivity index (χ1v) is 7.12. The molecule has 4 heteroatoms. The van der Waals surface area contributed by atoms with Gasteiger partial charge < -0.3 is 5.32 Å². The van der Waals surface area contributed by atoms with E-state index in [1.54, 1.807) is 19.1 Å². The number of anilines is 1. The van der Waals surface area contributed by atoms with Gasteiger partial charge in [0.2, 0.25) is 0 Å². The van der Waals surface area contributed by atoms with E-state index in [4.69, 9.17) is 11.6 Å². The predicted molar refractivity (Wildman–Crippen MR) is 82.3 cm³/mol. The van der Waals surface area contributed by atoms with E-state index in [9.17, 15) is 4.39 Å². The fraction of sp³-hybridized carbons (Fsp3) is 0.200. The molecule has 0 spiro atoms. The molecule has 100 valence electrons. The van der Waals surface area contributed by atoms with Crippen molar-refractivity contribution in [2.24, 2.45) is 0 Å². The number of halogens is 3. The van der Waals surface area contributed by atoms with Gasteiger partial charge in [-0.05, 0) is 65.2 Å². The summed E-state index contributed by atoms with van der Waals surface area (Å²) in [7, 11) is 0. The van der Waals surface area contributed by atoms with E-state index in [1.807, 2.05) is 31.2 Å².